The van der Waals surface area contributed by atoms with Crippen LogP contribution < -0.4 is 39.5 Å². The number of urea groups is 1. The lowest BCUT2D eigenvalue weighted by Gasteiger charge is -2.20. The van der Waals surface area contributed by atoms with E-state index in [-0.39, 0.29) is 30.0 Å². The first kappa shape index (κ1) is 28.4. The van der Waals surface area contributed by atoms with Crippen molar-refractivity contribution in [1.82, 2.24) is 5.32 Å². The molecule has 0 aliphatic heterocycles. The van der Waals surface area contributed by atoms with E-state index in [4.69, 9.17) is 23.2 Å². The molecule has 0 fully saturated rings. The molecule has 3 aromatic rings. The first-order valence-electron chi connectivity index (χ1n) is 11.5. The van der Waals surface area contributed by atoms with E-state index >= 15 is 0 Å². The second-order valence-electron chi connectivity index (χ2n) is 8.17. The number of halogens is 3. The molecular formula is C27H32Cl2IN3O. The van der Waals surface area contributed by atoms with Gasteiger partial charge in [-0.05, 0) is 47.9 Å². The van der Waals surface area contributed by atoms with Gasteiger partial charge >= 0.3 is 6.03 Å². The summed E-state index contributed by atoms with van der Waals surface area (Å²) >= 11 is 12.3. The largest absolute Gasteiger partial charge is 1.00 e. The first-order chi connectivity index (χ1) is 16.1. The molecule has 7 heteroatoms. The molecule has 182 valence electrons. The lowest BCUT2D eigenvalue weighted by atomic mass is 10.1. The molecule has 0 saturated heterocycles. The molecule has 4 nitrogen and oxygen atoms in total. The van der Waals surface area contributed by atoms with Crippen molar-refractivity contribution >= 4 is 34.9 Å². The zero-order valence-corrected chi connectivity index (χ0v) is 22.9. The number of carbonyl (C=O) groups excluding carboxylic acids is 1. The molecule has 0 saturated carbocycles. The number of para-hydroxylation sites is 1. The molecule has 34 heavy (non-hydrogen) atoms. The fourth-order valence-corrected chi connectivity index (χ4v) is 4.17. The minimum Gasteiger partial charge on any atom is -1.00 e. The van der Waals surface area contributed by atoms with Crippen LogP contribution in [0.15, 0.2) is 78.9 Å². The van der Waals surface area contributed by atoms with Gasteiger partial charge in [0.15, 0.2) is 0 Å². The van der Waals surface area contributed by atoms with E-state index < -0.39 is 0 Å². The van der Waals surface area contributed by atoms with Crippen molar-refractivity contribution in [1.29, 1.82) is 0 Å². The van der Waals surface area contributed by atoms with Crippen molar-refractivity contribution in [3.05, 3.63) is 100 Å². The van der Waals surface area contributed by atoms with E-state index in [1.165, 1.54) is 16.0 Å². The van der Waals surface area contributed by atoms with Crippen LogP contribution in [0.4, 0.5) is 10.5 Å². The van der Waals surface area contributed by atoms with Crippen LogP contribution >= 0.6 is 23.2 Å². The Bertz CT molecular complexity index is 987. The third-order valence-corrected chi connectivity index (χ3v) is 6.26. The zero-order valence-electron chi connectivity index (χ0n) is 19.2. The van der Waals surface area contributed by atoms with Crippen LogP contribution in [0, 0.1) is 0 Å². The molecule has 0 aromatic heterocycles. The van der Waals surface area contributed by atoms with E-state index in [2.05, 4.69) is 28.8 Å². The number of amides is 2. The number of rotatable bonds is 12. The molecule has 3 aromatic carbocycles. The second-order valence-corrected chi connectivity index (χ2v) is 9.02. The summed E-state index contributed by atoms with van der Waals surface area (Å²) in [6, 6.07) is 25.5. The van der Waals surface area contributed by atoms with E-state index in [9.17, 15) is 4.79 Å². The normalized spacial score (nSPS) is 11.4. The Morgan fingerprint density at radius 1 is 0.765 bits per heavy atom. The minimum atomic E-state index is -0.164. The number of aryl methyl sites for hydroxylation is 1. The maximum Gasteiger partial charge on any atom is 0.319 e. The summed E-state index contributed by atoms with van der Waals surface area (Å²) in [5, 5.41) is 7.43. The van der Waals surface area contributed by atoms with E-state index in [0.29, 0.717) is 6.54 Å². The van der Waals surface area contributed by atoms with Gasteiger partial charge in [0.2, 0.25) is 0 Å². The predicted molar refractivity (Wildman–Crippen MR) is 139 cm³/mol. The summed E-state index contributed by atoms with van der Waals surface area (Å²) in [5.41, 5.74) is 3.30. The summed E-state index contributed by atoms with van der Waals surface area (Å²) in [5.74, 6) is 0. The highest BCUT2D eigenvalue weighted by Crippen LogP contribution is 2.16. The Kier molecular flexibility index (Phi) is 13.4. The van der Waals surface area contributed by atoms with Crippen molar-refractivity contribution in [2.75, 3.05) is 31.5 Å². The Labute approximate surface area is 230 Å². The van der Waals surface area contributed by atoms with Gasteiger partial charge in [0, 0.05) is 41.5 Å². The van der Waals surface area contributed by atoms with Gasteiger partial charge in [0.1, 0.15) is 0 Å². The summed E-state index contributed by atoms with van der Waals surface area (Å²) in [4.78, 5) is 13.6. The van der Waals surface area contributed by atoms with Gasteiger partial charge < -0.3 is 39.5 Å². The number of benzene rings is 3. The van der Waals surface area contributed by atoms with Gasteiger partial charge in [-0.1, -0.05) is 71.7 Å². The summed E-state index contributed by atoms with van der Waals surface area (Å²) in [6.07, 6.45) is 3.97. The molecule has 2 amide bonds. The fourth-order valence-electron chi connectivity index (χ4n) is 3.81. The average molecular weight is 612 g/mol. The van der Waals surface area contributed by atoms with Gasteiger partial charge in [0.05, 0.1) is 19.6 Å². The van der Waals surface area contributed by atoms with Crippen molar-refractivity contribution in [2.24, 2.45) is 0 Å². The van der Waals surface area contributed by atoms with Gasteiger partial charge in [-0.25, -0.2) is 4.79 Å². The molecule has 1 unspecified atom stereocenters. The number of hydrogen-bond donors (Lipinski definition) is 3. The van der Waals surface area contributed by atoms with Crippen LogP contribution in [0.2, 0.25) is 10.0 Å². The van der Waals surface area contributed by atoms with Gasteiger partial charge in [-0.3, -0.25) is 0 Å². The van der Waals surface area contributed by atoms with E-state index in [1.807, 2.05) is 60.7 Å². The topological polar surface area (TPSA) is 45.6 Å². The lowest BCUT2D eigenvalue weighted by molar-refractivity contribution is -0.900. The summed E-state index contributed by atoms with van der Waals surface area (Å²) in [6.45, 7) is 3.75. The van der Waals surface area contributed by atoms with E-state index in [1.54, 1.807) is 0 Å². The van der Waals surface area contributed by atoms with Crippen molar-refractivity contribution in [3.63, 3.8) is 0 Å². The van der Waals surface area contributed by atoms with E-state index in [0.717, 1.165) is 61.1 Å². The van der Waals surface area contributed by atoms with Crippen LogP contribution in [0.1, 0.15) is 24.0 Å². The summed E-state index contributed by atoms with van der Waals surface area (Å²) < 4.78 is 0. The first-order valence-corrected chi connectivity index (χ1v) is 12.3. The Morgan fingerprint density at radius 2 is 1.44 bits per heavy atom. The zero-order chi connectivity index (χ0) is 23.3. The molecule has 0 spiro atoms. The molecular weight excluding hydrogens is 580 g/mol. The van der Waals surface area contributed by atoms with Crippen molar-refractivity contribution in [2.45, 2.75) is 25.7 Å². The highest BCUT2D eigenvalue weighted by Gasteiger charge is 2.11. The third-order valence-electron chi connectivity index (χ3n) is 5.64. The fraction of sp³-hybridized carbons (Fsp3) is 0.296. The minimum absolute atomic E-state index is 0. The number of carbonyl (C=O) groups is 1. The van der Waals surface area contributed by atoms with Crippen LogP contribution in [-0.4, -0.2) is 32.2 Å². The molecule has 1 atom stereocenters. The average Bonchev–Trinajstić information content (AvgIpc) is 2.82. The number of hydrogen-bond acceptors (Lipinski definition) is 1. The molecule has 0 bridgehead atoms. The smallest absolute Gasteiger partial charge is 0.319 e. The molecule has 3 rings (SSSR count). The molecule has 0 aliphatic carbocycles. The number of quaternary nitrogens is 1. The van der Waals surface area contributed by atoms with Crippen LogP contribution in [0.3, 0.4) is 0 Å². The standard InChI is InChI=1S/C27H31Cl2N3O.HI/c28-24-15-13-22(14-16-24)17-21-32(19-6-9-23-8-4-5-12-26(23)29)20-7-18-30-27(33)31-25-10-2-1-3-11-25;/h1-5,8,10-16H,6-7,9,17-21H2,(H2,30,31,33);1H. The summed E-state index contributed by atoms with van der Waals surface area (Å²) in [7, 11) is 0. The predicted octanol–water partition coefficient (Wildman–Crippen LogP) is 2.27. The number of anilines is 1. The second kappa shape index (κ2) is 16.0. The van der Waals surface area contributed by atoms with Gasteiger partial charge in [0.25, 0.3) is 0 Å². The SMILES string of the molecule is O=C(NCCC[NH+](CCCc1ccccc1Cl)CCc1ccc(Cl)cc1)Nc1ccccc1.[I-]. The maximum absolute atomic E-state index is 12.1. The van der Waals surface area contributed by atoms with Crippen LogP contribution in [-0.2, 0) is 12.8 Å². The molecule has 0 heterocycles. The molecule has 3 N–H and O–H groups in total. The Hall–Kier alpha value is -1.80. The van der Waals surface area contributed by atoms with Crippen molar-refractivity contribution < 1.29 is 33.7 Å². The molecule has 0 aliphatic rings. The Balaban J connectivity index is 0.00000408. The lowest BCUT2D eigenvalue weighted by Crippen LogP contribution is -3.12. The van der Waals surface area contributed by atoms with Gasteiger partial charge in [-0.15, -0.1) is 0 Å². The highest BCUT2D eigenvalue weighted by molar-refractivity contribution is 6.31. The van der Waals surface area contributed by atoms with Gasteiger partial charge in [-0.2, -0.15) is 0 Å². The third kappa shape index (κ3) is 10.6. The molecule has 0 radical (unpaired) electrons. The Morgan fingerprint density at radius 3 is 2.18 bits per heavy atom. The van der Waals surface area contributed by atoms with Crippen molar-refractivity contribution in [3.8, 4) is 0 Å². The maximum atomic E-state index is 12.1. The monoisotopic (exact) mass is 611 g/mol. The highest BCUT2D eigenvalue weighted by atomic mass is 127. The number of nitrogens with one attached hydrogen (secondary N) is 3. The quantitative estimate of drug-likeness (QED) is 0.214. The van der Waals surface area contributed by atoms with Crippen LogP contribution in [0.25, 0.3) is 0 Å². The van der Waals surface area contributed by atoms with Crippen LogP contribution in [0.5, 0.6) is 0 Å².